The number of hydrogen-bond acceptors (Lipinski definition) is 4. The smallest absolute Gasteiger partial charge is 0.253 e. The first kappa shape index (κ1) is 17.6. The molecule has 0 unspecified atom stereocenters. The Bertz CT molecular complexity index is 659. The molecule has 1 aliphatic heterocycles. The Morgan fingerprint density at radius 1 is 0.958 bits per heavy atom. The van der Waals surface area contributed by atoms with E-state index in [9.17, 15) is 19.2 Å². The van der Waals surface area contributed by atoms with Gasteiger partial charge in [0.2, 0.25) is 5.91 Å². The zero-order valence-electron chi connectivity index (χ0n) is 13.6. The van der Waals surface area contributed by atoms with Gasteiger partial charge < -0.3 is 5.32 Å². The van der Waals surface area contributed by atoms with E-state index in [4.69, 9.17) is 0 Å². The molecule has 1 aromatic carbocycles. The van der Waals surface area contributed by atoms with Crippen molar-refractivity contribution in [2.75, 3.05) is 11.9 Å². The summed E-state index contributed by atoms with van der Waals surface area (Å²) in [6.45, 7) is 1.88. The van der Waals surface area contributed by atoms with E-state index < -0.39 is 0 Å². The number of Topliss-reactive ketones (excluding diaryl/α,β-unsaturated/α-hetero) is 1. The van der Waals surface area contributed by atoms with Crippen molar-refractivity contribution < 1.29 is 19.2 Å². The van der Waals surface area contributed by atoms with Crippen molar-refractivity contribution in [3.8, 4) is 0 Å². The number of ketones is 1. The molecule has 2 rings (SSSR count). The number of imide groups is 1. The van der Waals surface area contributed by atoms with E-state index in [0.717, 1.165) is 6.42 Å². The average molecular weight is 328 g/mol. The summed E-state index contributed by atoms with van der Waals surface area (Å²) in [6.07, 6.45) is 5.03. The molecule has 1 aromatic rings. The summed E-state index contributed by atoms with van der Waals surface area (Å²) in [7, 11) is 0. The molecule has 0 fully saturated rings. The van der Waals surface area contributed by atoms with Gasteiger partial charge in [-0.1, -0.05) is 6.42 Å². The lowest BCUT2D eigenvalue weighted by atomic mass is 10.1. The molecule has 0 aromatic heterocycles. The van der Waals surface area contributed by atoms with Gasteiger partial charge >= 0.3 is 0 Å². The van der Waals surface area contributed by atoms with Crippen LogP contribution < -0.4 is 5.32 Å². The van der Waals surface area contributed by atoms with E-state index in [1.165, 1.54) is 24.0 Å². The fourth-order valence-corrected chi connectivity index (χ4v) is 2.40. The average Bonchev–Trinajstić information content (AvgIpc) is 2.86. The number of benzene rings is 1. The first-order chi connectivity index (χ1) is 11.5. The van der Waals surface area contributed by atoms with Crippen molar-refractivity contribution >= 4 is 29.2 Å². The third-order valence-electron chi connectivity index (χ3n) is 3.76. The highest BCUT2D eigenvalue weighted by atomic mass is 16.2. The molecular formula is C18H20N2O4. The van der Waals surface area contributed by atoms with Crippen LogP contribution in [0.15, 0.2) is 36.4 Å². The van der Waals surface area contributed by atoms with Crippen LogP contribution in [0.2, 0.25) is 0 Å². The maximum atomic E-state index is 11.8. The minimum Gasteiger partial charge on any atom is -0.326 e. The van der Waals surface area contributed by atoms with Crippen molar-refractivity contribution in [1.29, 1.82) is 0 Å². The van der Waals surface area contributed by atoms with Crippen LogP contribution >= 0.6 is 0 Å². The quantitative estimate of drug-likeness (QED) is 0.451. The van der Waals surface area contributed by atoms with Crippen LogP contribution in [0.25, 0.3) is 0 Å². The third kappa shape index (κ3) is 4.87. The van der Waals surface area contributed by atoms with Gasteiger partial charge in [-0.15, -0.1) is 0 Å². The molecule has 6 nitrogen and oxygen atoms in total. The number of hydrogen-bond donors (Lipinski definition) is 1. The predicted octanol–water partition coefficient (Wildman–Crippen LogP) is 2.31. The second-order valence-corrected chi connectivity index (χ2v) is 5.65. The third-order valence-corrected chi connectivity index (χ3v) is 3.76. The molecular weight excluding hydrogens is 308 g/mol. The minimum atomic E-state index is -0.272. The summed E-state index contributed by atoms with van der Waals surface area (Å²) >= 11 is 0. The Labute approximate surface area is 140 Å². The fraction of sp³-hybridized carbons (Fsp3) is 0.333. The number of anilines is 1. The number of nitrogens with one attached hydrogen (secondary N) is 1. The Hall–Kier alpha value is -2.76. The van der Waals surface area contributed by atoms with Gasteiger partial charge in [0.25, 0.3) is 11.8 Å². The molecule has 0 saturated carbocycles. The highest BCUT2D eigenvalue weighted by Gasteiger charge is 2.22. The van der Waals surface area contributed by atoms with Crippen molar-refractivity contribution in [3.63, 3.8) is 0 Å². The van der Waals surface area contributed by atoms with Gasteiger partial charge in [0.05, 0.1) is 0 Å². The highest BCUT2D eigenvalue weighted by Crippen LogP contribution is 2.12. The molecule has 3 amide bonds. The predicted molar refractivity (Wildman–Crippen MR) is 89.4 cm³/mol. The first-order valence-corrected chi connectivity index (χ1v) is 7.92. The number of amides is 3. The maximum absolute atomic E-state index is 11.8. The molecule has 126 valence electrons. The summed E-state index contributed by atoms with van der Waals surface area (Å²) in [6, 6.07) is 6.75. The zero-order chi connectivity index (χ0) is 17.5. The molecule has 24 heavy (non-hydrogen) atoms. The molecule has 0 atom stereocenters. The molecule has 0 radical (unpaired) electrons. The van der Waals surface area contributed by atoms with Crippen molar-refractivity contribution in [2.45, 2.75) is 32.6 Å². The van der Waals surface area contributed by atoms with Gasteiger partial charge in [-0.3, -0.25) is 24.1 Å². The summed E-state index contributed by atoms with van der Waals surface area (Å²) in [5.41, 5.74) is 1.26. The van der Waals surface area contributed by atoms with Crippen LogP contribution in [-0.2, 0) is 14.4 Å². The lowest BCUT2D eigenvalue weighted by molar-refractivity contribution is -0.136. The lowest BCUT2D eigenvalue weighted by Gasteiger charge is -2.13. The highest BCUT2D eigenvalue weighted by molar-refractivity contribution is 6.12. The molecule has 6 heteroatoms. The van der Waals surface area contributed by atoms with Gasteiger partial charge in [0.15, 0.2) is 5.78 Å². The standard InChI is InChI=1S/C18H20N2O4/c1-13(21)14-6-8-15(9-7-14)19-16(22)5-3-2-4-12-20-17(23)10-11-18(20)24/h6-11H,2-5,12H2,1H3,(H,19,22). The Morgan fingerprint density at radius 3 is 2.17 bits per heavy atom. The lowest BCUT2D eigenvalue weighted by Crippen LogP contribution is -2.30. The maximum Gasteiger partial charge on any atom is 0.253 e. The molecule has 1 N–H and O–H groups in total. The molecule has 0 spiro atoms. The normalized spacial score (nSPS) is 13.5. The monoisotopic (exact) mass is 328 g/mol. The second kappa shape index (κ2) is 8.19. The number of carbonyl (C=O) groups is 4. The van der Waals surface area contributed by atoms with Crippen LogP contribution in [-0.4, -0.2) is 34.9 Å². The topological polar surface area (TPSA) is 83.6 Å². The molecule has 0 saturated heterocycles. The van der Waals surface area contributed by atoms with E-state index in [1.807, 2.05) is 0 Å². The number of nitrogens with zero attached hydrogens (tertiary/aromatic N) is 1. The molecule has 0 aliphatic carbocycles. The van der Waals surface area contributed by atoms with Gasteiger partial charge in [-0.05, 0) is 44.0 Å². The Balaban J connectivity index is 1.64. The minimum absolute atomic E-state index is 0.0157. The summed E-state index contributed by atoms with van der Waals surface area (Å²) in [5, 5.41) is 2.78. The second-order valence-electron chi connectivity index (χ2n) is 5.65. The largest absolute Gasteiger partial charge is 0.326 e. The van der Waals surface area contributed by atoms with E-state index in [1.54, 1.807) is 24.3 Å². The fourth-order valence-electron chi connectivity index (χ4n) is 2.40. The summed E-state index contributed by atoms with van der Waals surface area (Å²) in [5.74, 6) is -0.655. The SMILES string of the molecule is CC(=O)c1ccc(NC(=O)CCCCCN2C(=O)C=CC2=O)cc1. The zero-order valence-corrected chi connectivity index (χ0v) is 13.6. The first-order valence-electron chi connectivity index (χ1n) is 7.92. The van der Waals surface area contributed by atoms with Gasteiger partial charge in [0, 0.05) is 36.4 Å². The van der Waals surface area contributed by atoms with Gasteiger partial charge in [-0.25, -0.2) is 0 Å². The molecule has 0 bridgehead atoms. The summed E-state index contributed by atoms with van der Waals surface area (Å²) in [4.78, 5) is 47.0. The number of unbranched alkanes of at least 4 members (excludes halogenated alkanes) is 2. The van der Waals surface area contributed by atoms with E-state index in [-0.39, 0.29) is 23.5 Å². The van der Waals surface area contributed by atoms with E-state index in [0.29, 0.717) is 37.1 Å². The van der Waals surface area contributed by atoms with Crippen LogP contribution in [0.4, 0.5) is 5.69 Å². The van der Waals surface area contributed by atoms with Crippen LogP contribution in [0.3, 0.4) is 0 Å². The van der Waals surface area contributed by atoms with Crippen molar-refractivity contribution in [2.24, 2.45) is 0 Å². The van der Waals surface area contributed by atoms with Gasteiger partial charge in [-0.2, -0.15) is 0 Å². The number of carbonyl (C=O) groups excluding carboxylic acids is 4. The summed E-state index contributed by atoms with van der Waals surface area (Å²) < 4.78 is 0. The van der Waals surface area contributed by atoms with Crippen LogP contribution in [0.1, 0.15) is 43.0 Å². The molecule has 1 heterocycles. The van der Waals surface area contributed by atoms with Gasteiger partial charge in [0.1, 0.15) is 0 Å². The van der Waals surface area contributed by atoms with E-state index >= 15 is 0 Å². The number of rotatable bonds is 8. The Morgan fingerprint density at radius 2 is 1.58 bits per heavy atom. The Kier molecular flexibility index (Phi) is 6.01. The van der Waals surface area contributed by atoms with E-state index in [2.05, 4.69) is 5.32 Å². The van der Waals surface area contributed by atoms with Crippen molar-refractivity contribution in [1.82, 2.24) is 4.90 Å². The van der Waals surface area contributed by atoms with Crippen LogP contribution in [0.5, 0.6) is 0 Å². The van der Waals surface area contributed by atoms with Crippen LogP contribution in [0, 0.1) is 0 Å². The van der Waals surface area contributed by atoms with Crippen molar-refractivity contribution in [3.05, 3.63) is 42.0 Å². The molecule has 1 aliphatic rings.